The van der Waals surface area contributed by atoms with Crippen LogP contribution < -0.4 is 5.73 Å². The van der Waals surface area contributed by atoms with E-state index in [-0.39, 0.29) is 0 Å². The lowest BCUT2D eigenvalue weighted by Gasteiger charge is -2.06. The van der Waals surface area contributed by atoms with E-state index in [0.29, 0.717) is 0 Å². The molecule has 3 nitrogen and oxygen atoms in total. The fourth-order valence-corrected chi connectivity index (χ4v) is 2.86. The standard InChI is InChI=1S/C14H19N3S/c1-4-17-12(8-11(3)16-17)9-18-13-5-6-14(15)10(2)7-13/h5-8H,4,9,15H2,1-3H3. The van der Waals surface area contributed by atoms with Gasteiger partial charge in [0.05, 0.1) is 5.69 Å². The highest BCUT2D eigenvalue weighted by molar-refractivity contribution is 7.98. The summed E-state index contributed by atoms with van der Waals surface area (Å²) in [4.78, 5) is 1.25. The number of nitrogen functional groups attached to an aromatic ring is 1. The number of aromatic nitrogens is 2. The van der Waals surface area contributed by atoms with Crippen LogP contribution in [0.1, 0.15) is 23.9 Å². The first-order valence-electron chi connectivity index (χ1n) is 6.12. The third-order valence-corrected chi connectivity index (χ3v) is 3.94. The van der Waals surface area contributed by atoms with Crippen LogP contribution in [0.2, 0.25) is 0 Å². The molecule has 0 fully saturated rings. The van der Waals surface area contributed by atoms with E-state index in [1.807, 2.05) is 31.7 Å². The molecule has 2 aromatic rings. The molecule has 0 aliphatic heterocycles. The summed E-state index contributed by atoms with van der Waals surface area (Å²) in [5.41, 5.74) is 10.2. The first kappa shape index (κ1) is 13.0. The Balaban J connectivity index is 2.08. The molecule has 0 amide bonds. The number of hydrogen-bond donors (Lipinski definition) is 1. The zero-order valence-electron chi connectivity index (χ0n) is 11.1. The van der Waals surface area contributed by atoms with Gasteiger partial charge in [0, 0.05) is 28.6 Å². The highest BCUT2D eigenvalue weighted by atomic mass is 32.2. The topological polar surface area (TPSA) is 43.8 Å². The Hall–Kier alpha value is -1.42. The van der Waals surface area contributed by atoms with Gasteiger partial charge in [0.25, 0.3) is 0 Å². The second-order valence-electron chi connectivity index (χ2n) is 4.40. The van der Waals surface area contributed by atoms with Crippen LogP contribution in [0, 0.1) is 13.8 Å². The van der Waals surface area contributed by atoms with Crippen molar-refractivity contribution >= 4 is 17.4 Å². The summed E-state index contributed by atoms with van der Waals surface area (Å²) in [5.74, 6) is 0.942. The van der Waals surface area contributed by atoms with Crippen molar-refractivity contribution in [2.24, 2.45) is 0 Å². The average molecular weight is 261 g/mol. The van der Waals surface area contributed by atoms with Crippen LogP contribution in [0.5, 0.6) is 0 Å². The van der Waals surface area contributed by atoms with Crippen molar-refractivity contribution in [3.8, 4) is 0 Å². The van der Waals surface area contributed by atoms with E-state index >= 15 is 0 Å². The monoisotopic (exact) mass is 261 g/mol. The van der Waals surface area contributed by atoms with Crippen molar-refractivity contribution in [2.45, 2.75) is 38.0 Å². The molecular weight excluding hydrogens is 242 g/mol. The molecule has 1 aromatic heterocycles. The van der Waals surface area contributed by atoms with Crippen molar-refractivity contribution < 1.29 is 0 Å². The van der Waals surface area contributed by atoms with Gasteiger partial charge in [0.15, 0.2) is 0 Å². The van der Waals surface area contributed by atoms with Gasteiger partial charge in [-0.15, -0.1) is 11.8 Å². The molecule has 0 saturated heterocycles. The van der Waals surface area contributed by atoms with Gasteiger partial charge >= 0.3 is 0 Å². The minimum absolute atomic E-state index is 0.855. The molecule has 0 aliphatic carbocycles. The maximum atomic E-state index is 5.82. The van der Waals surface area contributed by atoms with Crippen molar-refractivity contribution in [3.05, 3.63) is 41.2 Å². The second-order valence-corrected chi connectivity index (χ2v) is 5.45. The minimum atomic E-state index is 0.855. The Kier molecular flexibility index (Phi) is 3.97. The van der Waals surface area contributed by atoms with Crippen LogP contribution in [-0.2, 0) is 12.3 Å². The van der Waals surface area contributed by atoms with Crippen LogP contribution in [-0.4, -0.2) is 9.78 Å². The Morgan fingerprint density at radius 1 is 1.28 bits per heavy atom. The number of benzene rings is 1. The summed E-state index contributed by atoms with van der Waals surface area (Å²) in [6, 6.07) is 8.34. The molecule has 0 saturated carbocycles. The normalized spacial score (nSPS) is 10.8. The van der Waals surface area contributed by atoms with Crippen molar-refractivity contribution in [1.29, 1.82) is 0 Å². The molecule has 4 heteroatoms. The Labute approximate surface area is 112 Å². The van der Waals surface area contributed by atoms with Gasteiger partial charge in [-0.1, -0.05) is 0 Å². The smallest absolute Gasteiger partial charge is 0.0596 e. The quantitative estimate of drug-likeness (QED) is 0.677. The fourth-order valence-electron chi connectivity index (χ4n) is 1.88. The van der Waals surface area contributed by atoms with E-state index in [2.05, 4.69) is 34.9 Å². The molecule has 0 unspecified atom stereocenters. The number of nitrogens with two attached hydrogens (primary N) is 1. The van der Waals surface area contributed by atoms with E-state index in [4.69, 9.17) is 5.73 Å². The molecule has 0 spiro atoms. The highest BCUT2D eigenvalue weighted by Gasteiger charge is 2.05. The summed E-state index contributed by atoms with van der Waals surface area (Å²) in [6.45, 7) is 7.12. The number of anilines is 1. The highest BCUT2D eigenvalue weighted by Crippen LogP contribution is 2.26. The molecule has 1 aromatic carbocycles. The summed E-state index contributed by atoms with van der Waals surface area (Å²) < 4.78 is 2.06. The number of aryl methyl sites for hydroxylation is 3. The molecule has 96 valence electrons. The predicted molar refractivity (Wildman–Crippen MR) is 77.8 cm³/mol. The first-order valence-corrected chi connectivity index (χ1v) is 7.11. The lowest BCUT2D eigenvalue weighted by Crippen LogP contribution is -2.01. The Morgan fingerprint density at radius 3 is 2.72 bits per heavy atom. The summed E-state index contributed by atoms with van der Waals surface area (Å²) in [6.07, 6.45) is 0. The average Bonchev–Trinajstić information content (AvgIpc) is 2.71. The van der Waals surface area contributed by atoms with E-state index in [1.54, 1.807) is 0 Å². The Morgan fingerprint density at radius 2 is 2.06 bits per heavy atom. The van der Waals surface area contributed by atoms with Gasteiger partial charge in [-0.05, 0) is 50.6 Å². The third-order valence-electron chi connectivity index (χ3n) is 2.91. The molecule has 2 N–H and O–H groups in total. The second kappa shape index (κ2) is 5.48. The Bertz CT molecular complexity index is 546. The van der Waals surface area contributed by atoms with Crippen LogP contribution in [0.4, 0.5) is 5.69 Å². The van der Waals surface area contributed by atoms with Gasteiger partial charge in [0.1, 0.15) is 0 Å². The summed E-state index contributed by atoms with van der Waals surface area (Å²) >= 11 is 1.82. The summed E-state index contributed by atoms with van der Waals surface area (Å²) in [7, 11) is 0. The zero-order valence-corrected chi connectivity index (χ0v) is 11.9. The van der Waals surface area contributed by atoms with Gasteiger partial charge in [-0.3, -0.25) is 4.68 Å². The maximum absolute atomic E-state index is 5.82. The lowest BCUT2D eigenvalue weighted by atomic mass is 10.2. The van der Waals surface area contributed by atoms with E-state index in [0.717, 1.165) is 29.2 Å². The van der Waals surface area contributed by atoms with Crippen molar-refractivity contribution in [3.63, 3.8) is 0 Å². The van der Waals surface area contributed by atoms with E-state index in [1.165, 1.54) is 10.6 Å². The van der Waals surface area contributed by atoms with Gasteiger partial charge in [-0.25, -0.2) is 0 Å². The minimum Gasteiger partial charge on any atom is -0.399 e. The maximum Gasteiger partial charge on any atom is 0.0596 e. The van der Waals surface area contributed by atoms with Crippen molar-refractivity contribution in [2.75, 3.05) is 5.73 Å². The molecule has 0 aliphatic rings. The number of rotatable bonds is 4. The van der Waals surface area contributed by atoms with E-state index < -0.39 is 0 Å². The SMILES string of the molecule is CCn1nc(C)cc1CSc1ccc(N)c(C)c1. The number of hydrogen-bond acceptors (Lipinski definition) is 3. The zero-order chi connectivity index (χ0) is 13.1. The fraction of sp³-hybridized carbons (Fsp3) is 0.357. The molecule has 0 radical (unpaired) electrons. The number of thioether (sulfide) groups is 1. The van der Waals surface area contributed by atoms with Crippen molar-refractivity contribution in [1.82, 2.24) is 9.78 Å². The molecule has 18 heavy (non-hydrogen) atoms. The molecular formula is C14H19N3S. The van der Waals surface area contributed by atoms with Gasteiger partial charge in [-0.2, -0.15) is 5.10 Å². The van der Waals surface area contributed by atoms with Crippen LogP contribution in [0.25, 0.3) is 0 Å². The van der Waals surface area contributed by atoms with Crippen LogP contribution >= 0.6 is 11.8 Å². The first-order chi connectivity index (χ1) is 8.60. The van der Waals surface area contributed by atoms with Crippen LogP contribution in [0.15, 0.2) is 29.2 Å². The third kappa shape index (κ3) is 2.88. The predicted octanol–water partition coefficient (Wildman–Crippen LogP) is 3.39. The number of nitrogens with zero attached hydrogens (tertiary/aromatic N) is 2. The molecule has 0 bridgehead atoms. The van der Waals surface area contributed by atoms with Gasteiger partial charge in [0.2, 0.25) is 0 Å². The van der Waals surface area contributed by atoms with Gasteiger partial charge < -0.3 is 5.73 Å². The summed E-state index contributed by atoms with van der Waals surface area (Å²) in [5, 5.41) is 4.46. The largest absolute Gasteiger partial charge is 0.399 e. The molecule has 0 atom stereocenters. The molecule has 2 rings (SSSR count). The molecule has 1 heterocycles. The van der Waals surface area contributed by atoms with Crippen LogP contribution in [0.3, 0.4) is 0 Å². The van der Waals surface area contributed by atoms with E-state index in [9.17, 15) is 0 Å². The lowest BCUT2D eigenvalue weighted by molar-refractivity contribution is 0.632.